The second-order valence-electron chi connectivity index (χ2n) is 4.91. The van der Waals surface area contributed by atoms with Crippen LogP contribution < -0.4 is 22.8 Å². The molecule has 0 fully saturated rings. The van der Waals surface area contributed by atoms with Crippen molar-refractivity contribution in [3.8, 4) is 0 Å². The lowest BCUT2D eigenvalue weighted by Gasteiger charge is -1.95. The molecule has 27 heavy (non-hydrogen) atoms. The van der Waals surface area contributed by atoms with Crippen LogP contribution in [0, 0.1) is 0 Å². The highest BCUT2D eigenvalue weighted by atomic mass is 16.2. The predicted octanol–water partition coefficient (Wildman–Crippen LogP) is -4.17. The lowest BCUT2D eigenvalue weighted by Crippen LogP contribution is -2.27. The molecule has 0 unspecified atom stereocenters. The Kier molecular flexibility index (Phi) is 4.12. The molecule has 0 aliphatic carbocycles. The molecule has 2 amide bonds. The summed E-state index contributed by atoms with van der Waals surface area (Å²) < 4.78 is 3.18. The highest BCUT2D eigenvalue weighted by molar-refractivity contribution is 5.97. The summed E-state index contributed by atoms with van der Waals surface area (Å²) >= 11 is 0. The number of nitrogens with two attached hydrogens (primary N) is 2. The zero-order chi connectivity index (χ0) is 19.7. The van der Waals surface area contributed by atoms with Gasteiger partial charge < -0.3 is 11.5 Å². The van der Waals surface area contributed by atoms with E-state index in [9.17, 15) is 19.2 Å². The lowest BCUT2D eigenvalue weighted by atomic mass is 10.4. The molecule has 4 rings (SSSR count). The van der Waals surface area contributed by atoms with E-state index in [2.05, 4.69) is 35.7 Å². The van der Waals surface area contributed by atoms with E-state index in [0.717, 1.165) is 19.8 Å². The maximum Gasteiger partial charge on any atom is 0.352 e. The number of fused-ring (bicyclic) bond motifs is 2. The first-order valence-corrected chi connectivity index (χ1v) is 6.96. The second kappa shape index (κ2) is 6.43. The van der Waals surface area contributed by atoms with Crippen LogP contribution in [0.15, 0.2) is 22.2 Å². The standard InChI is InChI=1S/C6H6N6O2.C5H4N6O2/c1-11-6(14)12-2-8-3(4(7)13)5(12)9-10-11;6-3(12)2-4-8-10-9-5(13)11(4)1-7-2/h2H,1H3,(H2,7,13);1H,(H2,6,12)(H,8,9,13). The van der Waals surface area contributed by atoms with Crippen LogP contribution in [0.1, 0.15) is 21.0 Å². The van der Waals surface area contributed by atoms with E-state index < -0.39 is 23.2 Å². The van der Waals surface area contributed by atoms with E-state index in [4.69, 9.17) is 11.5 Å². The highest BCUT2D eigenvalue weighted by Gasteiger charge is 2.14. The van der Waals surface area contributed by atoms with Crippen molar-refractivity contribution in [1.29, 1.82) is 0 Å². The van der Waals surface area contributed by atoms with Gasteiger partial charge in [0.05, 0.1) is 0 Å². The number of rotatable bonds is 2. The second-order valence-corrected chi connectivity index (χ2v) is 4.91. The van der Waals surface area contributed by atoms with E-state index >= 15 is 0 Å². The van der Waals surface area contributed by atoms with Gasteiger partial charge in [-0.05, 0) is 0 Å². The number of imidazole rings is 2. The number of primary amides is 2. The maximum absolute atomic E-state index is 11.4. The third-order valence-corrected chi connectivity index (χ3v) is 3.22. The molecule has 0 radical (unpaired) electrons. The zero-order valence-electron chi connectivity index (χ0n) is 13.5. The smallest absolute Gasteiger partial charge is 0.352 e. The Hall–Kier alpha value is -4.50. The molecule has 0 aliphatic heterocycles. The van der Waals surface area contributed by atoms with Gasteiger partial charge in [0.1, 0.15) is 12.7 Å². The van der Waals surface area contributed by atoms with Gasteiger partial charge in [-0.15, -0.1) is 10.2 Å². The quantitative estimate of drug-likeness (QED) is 0.306. The molecule has 0 atom stereocenters. The molecule has 0 aromatic carbocycles. The third kappa shape index (κ3) is 2.97. The Morgan fingerprint density at radius 2 is 1.52 bits per heavy atom. The molecule has 138 valence electrons. The minimum atomic E-state index is -0.748. The third-order valence-electron chi connectivity index (χ3n) is 3.22. The molecule has 4 aromatic rings. The number of nitrogens with one attached hydrogen (secondary N) is 1. The molecule has 4 aromatic heterocycles. The Labute approximate surface area is 146 Å². The minimum Gasteiger partial charge on any atom is -0.364 e. The summed E-state index contributed by atoms with van der Waals surface area (Å²) in [6, 6.07) is 0. The first-order chi connectivity index (χ1) is 12.8. The summed E-state index contributed by atoms with van der Waals surface area (Å²) in [4.78, 5) is 51.3. The summed E-state index contributed by atoms with van der Waals surface area (Å²) in [5, 5.41) is 16.0. The van der Waals surface area contributed by atoms with Crippen LogP contribution in [-0.2, 0) is 7.05 Å². The minimum absolute atomic E-state index is 0.0521. The van der Waals surface area contributed by atoms with Crippen LogP contribution in [0.4, 0.5) is 0 Å². The van der Waals surface area contributed by atoms with Gasteiger partial charge in [0, 0.05) is 7.05 Å². The van der Waals surface area contributed by atoms with Crippen molar-refractivity contribution in [3.63, 3.8) is 0 Å². The van der Waals surface area contributed by atoms with Gasteiger partial charge in [0.15, 0.2) is 22.7 Å². The van der Waals surface area contributed by atoms with Gasteiger partial charge in [0.2, 0.25) is 0 Å². The normalized spacial score (nSPS) is 10.6. The monoisotopic (exact) mass is 374 g/mol. The summed E-state index contributed by atoms with van der Waals surface area (Å²) in [7, 11) is 1.44. The molecule has 0 aliphatic rings. The highest BCUT2D eigenvalue weighted by Crippen LogP contribution is 2.00. The van der Waals surface area contributed by atoms with Gasteiger partial charge in [0.25, 0.3) is 11.8 Å². The average molecular weight is 374 g/mol. The first-order valence-electron chi connectivity index (χ1n) is 6.96. The Morgan fingerprint density at radius 3 is 2.11 bits per heavy atom. The number of hydrogen-bond donors (Lipinski definition) is 3. The summed E-state index contributed by atoms with van der Waals surface area (Å²) in [5.41, 5.74) is 9.03. The lowest BCUT2D eigenvalue weighted by molar-refractivity contribution is 0.0989. The summed E-state index contributed by atoms with van der Waals surface area (Å²) in [6.45, 7) is 0. The molecule has 16 heteroatoms. The maximum atomic E-state index is 11.4. The largest absolute Gasteiger partial charge is 0.364 e. The number of carbonyl (C=O) groups excluding carboxylic acids is 2. The Balaban J connectivity index is 0.000000156. The van der Waals surface area contributed by atoms with Crippen molar-refractivity contribution in [2.75, 3.05) is 0 Å². The van der Waals surface area contributed by atoms with Crippen molar-refractivity contribution in [3.05, 3.63) is 45.0 Å². The fourth-order valence-electron chi connectivity index (χ4n) is 1.98. The molecule has 0 bridgehead atoms. The van der Waals surface area contributed by atoms with Crippen LogP contribution in [-0.4, -0.2) is 61.0 Å². The number of carbonyl (C=O) groups is 2. The van der Waals surface area contributed by atoms with Gasteiger partial charge in [-0.3, -0.25) is 9.59 Å². The van der Waals surface area contributed by atoms with E-state index in [1.807, 2.05) is 0 Å². The number of aryl methyl sites for hydroxylation is 1. The number of aromatic amines is 1. The van der Waals surface area contributed by atoms with Crippen LogP contribution in [0.3, 0.4) is 0 Å². The Bertz CT molecular complexity index is 1290. The number of aromatic nitrogens is 10. The molecular formula is C11H10N12O4. The van der Waals surface area contributed by atoms with Gasteiger partial charge in [-0.1, -0.05) is 10.4 Å². The number of H-pyrrole nitrogens is 1. The van der Waals surface area contributed by atoms with Crippen LogP contribution in [0.5, 0.6) is 0 Å². The van der Waals surface area contributed by atoms with Crippen molar-refractivity contribution in [1.82, 2.24) is 49.2 Å². The van der Waals surface area contributed by atoms with Crippen LogP contribution >= 0.6 is 0 Å². The van der Waals surface area contributed by atoms with Crippen molar-refractivity contribution in [2.24, 2.45) is 18.5 Å². The molecule has 0 saturated heterocycles. The van der Waals surface area contributed by atoms with E-state index in [1.54, 1.807) is 0 Å². The topological polar surface area (TPSA) is 227 Å². The van der Waals surface area contributed by atoms with Gasteiger partial charge in [-0.25, -0.2) is 33.5 Å². The Morgan fingerprint density at radius 1 is 0.963 bits per heavy atom. The van der Waals surface area contributed by atoms with Gasteiger partial charge >= 0.3 is 11.4 Å². The van der Waals surface area contributed by atoms with E-state index in [-0.39, 0.29) is 22.7 Å². The van der Waals surface area contributed by atoms with Crippen molar-refractivity contribution < 1.29 is 9.59 Å². The van der Waals surface area contributed by atoms with Gasteiger partial charge in [-0.2, -0.15) is 4.68 Å². The van der Waals surface area contributed by atoms with Crippen LogP contribution in [0.2, 0.25) is 0 Å². The molecule has 0 saturated carbocycles. The molecule has 16 nitrogen and oxygen atoms in total. The predicted molar refractivity (Wildman–Crippen MR) is 84.5 cm³/mol. The number of nitrogens with zero attached hydrogens (tertiary/aromatic N) is 9. The zero-order valence-corrected chi connectivity index (χ0v) is 13.5. The molecule has 0 spiro atoms. The molecule has 4 heterocycles. The first kappa shape index (κ1) is 17.3. The van der Waals surface area contributed by atoms with Crippen molar-refractivity contribution >= 4 is 23.1 Å². The van der Waals surface area contributed by atoms with E-state index in [0.29, 0.717) is 0 Å². The van der Waals surface area contributed by atoms with Crippen LogP contribution in [0.25, 0.3) is 11.3 Å². The SMILES string of the molecule is Cn1nnc2c(C(N)=O)ncn2c1=O.NC(=O)c1ncn2c(=O)[nH]nnc12. The fourth-order valence-corrected chi connectivity index (χ4v) is 1.98. The fraction of sp³-hybridized carbons (Fsp3) is 0.0909. The van der Waals surface area contributed by atoms with E-state index in [1.165, 1.54) is 13.4 Å². The number of hydrogen-bond acceptors (Lipinski definition) is 10. The number of amides is 2. The summed E-state index contributed by atoms with van der Waals surface area (Å²) in [6.07, 6.45) is 2.34. The summed E-state index contributed by atoms with van der Waals surface area (Å²) in [5.74, 6) is -1.49. The average Bonchev–Trinajstić information content (AvgIpc) is 3.24. The van der Waals surface area contributed by atoms with Crippen molar-refractivity contribution in [2.45, 2.75) is 0 Å². The molecular weight excluding hydrogens is 364 g/mol. The molecule has 5 N–H and O–H groups in total.